The first-order chi connectivity index (χ1) is 18.8. The van der Waals surface area contributed by atoms with Crippen molar-refractivity contribution in [1.82, 2.24) is 9.13 Å². The fourth-order valence-electron chi connectivity index (χ4n) is 5.97. The largest absolute Gasteiger partial charge is 0.385 e. The molecule has 0 amide bonds. The zero-order valence-corrected chi connectivity index (χ0v) is 22.8. The molecule has 2 aromatic heterocycles. The molecule has 1 unspecified atom stereocenters. The lowest BCUT2D eigenvalue weighted by Gasteiger charge is -2.38. The van der Waals surface area contributed by atoms with E-state index < -0.39 is 5.60 Å². The van der Waals surface area contributed by atoms with Gasteiger partial charge in [0.25, 0.3) is 0 Å². The molecule has 0 saturated carbocycles. The summed E-state index contributed by atoms with van der Waals surface area (Å²) < 4.78 is 4.68. The second-order valence-corrected chi connectivity index (χ2v) is 11.8. The van der Waals surface area contributed by atoms with Crippen LogP contribution in [0.25, 0.3) is 55.0 Å². The van der Waals surface area contributed by atoms with Gasteiger partial charge in [-0.2, -0.15) is 0 Å². The normalized spacial score (nSPS) is 14.0. The summed E-state index contributed by atoms with van der Waals surface area (Å²) in [6, 6.07) is 40.9. The second-order valence-electron chi connectivity index (χ2n) is 11.8. The van der Waals surface area contributed by atoms with Gasteiger partial charge in [0.15, 0.2) is 0 Å². The molecule has 5 aromatic carbocycles. The number of aliphatic hydroxyl groups is 1. The molecule has 39 heavy (non-hydrogen) atoms. The van der Waals surface area contributed by atoms with Crippen LogP contribution in [-0.2, 0) is 5.60 Å². The molecular formula is C36H32N2O. The van der Waals surface area contributed by atoms with Crippen LogP contribution in [0.1, 0.15) is 33.3 Å². The fraction of sp³-hybridized carbons (Fsp3) is 0.167. The Hall–Kier alpha value is -4.34. The average Bonchev–Trinajstić information content (AvgIpc) is 3.45. The summed E-state index contributed by atoms with van der Waals surface area (Å²) in [5, 5.41) is 16.9. The van der Waals surface area contributed by atoms with E-state index in [4.69, 9.17) is 0 Å². The minimum Gasteiger partial charge on any atom is -0.385 e. The van der Waals surface area contributed by atoms with Gasteiger partial charge in [-0.05, 0) is 60.4 Å². The van der Waals surface area contributed by atoms with Gasteiger partial charge in [0.05, 0.1) is 27.7 Å². The van der Waals surface area contributed by atoms with Crippen LogP contribution in [0.15, 0.2) is 115 Å². The highest BCUT2D eigenvalue weighted by atomic mass is 16.3. The highest BCUT2D eigenvalue weighted by Crippen LogP contribution is 2.42. The Morgan fingerprint density at radius 3 is 1.08 bits per heavy atom. The zero-order chi connectivity index (χ0) is 26.9. The number of fused-ring (bicyclic) bond motifs is 6. The molecule has 0 fully saturated rings. The van der Waals surface area contributed by atoms with Crippen LogP contribution in [0.4, 0.5) is 0 Å². The average molecular weight is 509 g/mol. The maximum absolute atomic E-state index is 12.0. The summed E-state index contributed by atoms with van der Waals surface area (Å²) in [6.07, 6.45) is 0. The van der Waals surface area contributed by atoms with Gasteiger partial charge in [-0.15, -0.1) is 0 Å². The third kappa shape index (κ3) is 3.47. The van der Waals surface area contributed by atoms with E-state index >= 15 is 0 Å². The second kappa shape index (κ2) is 8.33. The van der Waals surface area contributed by atoms with E-state index in [1.165, 1.54) is 21.5 Å². The van der Waals surface area contributed by atoms with Gasteiger partial charge in [-0.25, -0.2) is 0 Å². The Balaban J connectivity index is 1.63. The Morgan fingerprint density at radius 2 is 0.769 bits per heavy atom. The van der Waals surface area contributed by atoms with Gasteiger partial charge in [0.1, 0.15) is 0 Å². The van der Waals surface area contributed by atoms with Gasteiger partial charge in [-0.3, -0.25) is 0 Å². The van der Waals surface area contributed by atoms with E-state index in [1.54, 1.807) is 0 Å². The van der Waals surface area contributed by atoms with Crippen LogP contribution in [0.2, 0.25) is 0 Å². The molecule has 2 heterocycles. The Morgan fingerprint density at radius 1 is 0.462 bits per heavy atom. The zero-order valence-electron chi connectivity index (χ0n) is 22.8. The van der Waals surface area contributed by atoms with Crippen molar-refractivity contribution < 1.29 is 5.11 Å². The predicted octanol–water partition coefficient (Wildman–Crippen LogP) is 9.13. The number of aromatic nitrogens is 2. The number of nitrogens with zero attached hydrogens (tertiary/aromatic N) is 2. The van der Waals surface area contributed by atoms with Crippen LogP contribution in [0.5, 0.6) is 0 Å². The van der Waals surface area contributed by atoms with Crippen molar-refractivity contribution in [2.75, 3.05) is 0 Å². The van der Waals surface area contributed by atoms with Crippen molar-refractivity contribution in [2.45, 2.75) is 33.3 Å². The molecule has 7 rings (SSSR count). The molecule has 192 valence electrons. The van der Waals surface area contributed by atoms with Crippen molar-refractivity contribution in [3.05, 3.63) is 121 Å². The quantitative estimate of drug-likeness (QED) is 0.253. The van der Waals surface area contributed by atoms with E-state index in [9.17, 15) is 5.11 Å². The predicted molar refractivity (Wildman–Crippen MR) is 164 cm³/mol. The minimum atomic E-state index is -1.06. The molecule has 0 aliphatic rings. The van der Waals surface area contributed by atoms with E-state index in [0.29, 0.717) is 0 Å². The summed E-state index contributed by atoms with van der Waals surface area (Å²) in [4.78, 5) is 0. The molecule has 0 aliphatic heterocycles. The van der Waals surface area contributed by atoms with Gasteiger partial charge < -0.3 is 14.2 Å². The van der Waals surface area contributed by atoms with Crippen molar-refractivity contribution in [3.8, 4) is 11.4 Å². The van der Waals surface area contributed by atoms with Gasteiger partial charge in [-0.1, -0.05) is 93.6 Å². The van der Waals surface area contributed by atoms with Crippen LogP contribution >= 0.6 is 0 Å². The minimum absolute atomic E-state index is 0.370. The lowest BCUT2D eigenvalue weighted by molar-refractivity contribution is -0.0470. The maximum atomic E-state index is 12.0. The topological polar surface area (TPSA) is 30.1 Å². The van der Waals surface area contributed by atoms with Crippen LogP contribution in [-0.4, -0.2) is 14.2 Å². The number of rotatable bonds is 3. The molecule has 0 radical (unpaired) electrons. The molecular weight excluding hydrogens is 476 g/mol. The Labute approximate surface area is 228 Å². The standard InChI is InChI=1S/C36H32N2O/c1-35(2,3)36(4,39)24-21-25(37-31-17-9-5-13-27(31)28-14-6-10-18-32(28)37)23-26(22-24)38-33-19-11-7-15-29(33)30-16-8-12-20-34(30)38/h5-23,39H,1-4H3. The first kappa shape index (κ1) is 23.8. The van der Waals surface area contributed by atoms with E-state index in [-0.39, 0.29) is 5.41 Å². The highest BCUT2D eigenvalue weighted by molar-refractivity contribution is 6.10. The summed E-state index contributed by atoms with van der Waals surface area (Å²) in [7, 11) is 0. The first-order valence-corrected chi connectivity index (χ1v) is 13.6. The van der Waals surface area contributed by atoms with Crippen molar-refractivity contribution in [1.29, 1.82) is 0 Å². The fourth-order valence-corrected chi connectivity index (χ4v) is 5.97. The molecule has 3 heteroatoms. The third-order valence-electron chi connectivity index (χ3n) is 8.60. The summed E-state index contributed by atoms with van der Waals surface area (Å²) in [6.45, 7) is 8.23. The molecule has 0 aliphatic carbocycles. The molecule has 3 nitrogen and oxygen atoms in total. The van der Waals surface area contributed by atoms with Crippen LogP contribution in [0.3, 0.4) is 0 Å². The number of hydrogen-bond donors (Lipinski definition) is 1. The number of hydrogen-bond acceptors (Lipinski definition) is 1. The maximum Gasteiger partial charge on any atom is 0.0918 e. The van der Waals surface area contributed by atoms with E-state index in [1.807, 2.05) is 6.92 Å². The van der Waals surface area contributed by atoms with Crippen LogP contribution < -0.4 is 0 Å². The smallest absolute Gasteiger partial charge is 0.0918 e. The highest BCUT2D eigenvalue weighted by Gasteiger charge is 2.37. The number of para-hydroxylation sites is 4. The van der Waals surface area contributed by atoms with Gasteiger partial charge in [0.2, 0.25) is 0 Å². The van der Waals surface area contributed by atoms with Crippen molar-refractivity contribution >= 4 is 43.6 Å². The Bertz CT molecular complexity index is 1790. The van der Waals surface area contributed by atoms with E-state index in [2.05, 4.69) is 145 Å². The summed E-state index contributed by atoms with van der Waals surface area (Å²) >= 11 is 0. The van der Waals surface area contributed by atoms with Crippen LogP contribution in [0, 0.1) is 5.41 Å². The molecule has 0 saturated heterocycles. The lowest BCUT2D eigenvalue weighted by atomic mass is 9.73. The first-order valence-electron chi connectivity index (χ1n) is 13.6. The third-order valence-corrected chi connectivity index (χ3v) is 8.60. The molecule has 1 atom stereocenters. The molecule has 1 N–H and O–H groups in total. The van der Waals surface area contributed by atoms with Gasteiger partial charge in [0, 0.05) is 32.9 Å². The molecule has 0 bridgehead atoms. The molecule has 7 aromatic rings. The summed E-state index contributed by atoms with van der Waals surface area (Å²) in [5.41, 5.74) is 6.14. The lowest BCUT2D eigenvalue weighted by Crippen LogP contribution is -2.37. The van der Waals surface area contributed by atoms with E-state index in [0.717, 1.165) is 39.0 Å². The SMILES string of the molecule is CC(C)(C)C(C)(O)c1cc(-n2c3ccccc3c3ccccc32)cc(-n2c3ccccc3c3ccccc32)c1. The van der Waals surface area contributed by atoms with Gasteiger partial charge >= 0.3 is 0 Å². The summed E-state index contributed by atoms with van der Waals surface area (Å²) in [5.74, 6) is 0. The monoisotopic (exact) mass is 508 g/mol. The molecule has 0 spiro atoms. The Kier molecular flexibility index (Phi) is 5.07. The number of benzene rings is 5. The van der Waals surface area contributed by atoms with Crippen molar-refractivity contribution in [2.24, 2.45) is 5.41 Å². The van der Waals surface area contributed by atoms with Crippen molar-refractivity contribution in [3.63, 3.8) is 0 Å².